The Labute approximate surface area is 955 Å². The number of dihydropyridines is 6. The Morgan fingerprint density at radius 2 is 0.521 bits per heavy atom. The molecular weight excluding hydrogens is 2550 g/mol. The van der Waals surface area contributed by atoms with Gasteiger partial charge in [-0.2, -0.15) is 26.3 Å². The zero-order valence-electron chi connectivity index (χ0n) is 63.2. The predicted molar refractivity (Wildman–Crippen MR) is 409 cm³/mol. The van der Waals surface area contributed by atoms with E-state index in [-0.39, 0.29) is 389 Å². The predicted octanol–water partition coefficient (Wildman–Crippen LogP) is -6.07. The van der Waals surface area contributed by atoms with Crippen LogP contribution in [0.3, 0.4) is 0 Å². The number of hydrogen-bond donors (Lipinski definition) is 3. The van der Waals surface area contributed by atoms with Crippen LogP contribution in [0.25, 0.3) is 65.4 Å². The minimum absolute atomic E-state index is 0. The van der Waals surface area contributed by atoms with Crippen molar-refractivity contribution in [2.45, 2.75) is 115 Å². The van der Waals surface area contributed by atoms with Gasteiger partial charge in [0.25, 0.3) is 5.78 Å². The van der Waals surface area contributed by atoms with Crippen LogP contribution in [0.15, 0.2) is 285 Å². The van der Waals surface area contributed by atoms with Gasteiger partial charge < -0.3 is 115 Å². The third-order valence-corrected chi connectivity index (χ3v) is 15.3. The molecule has 6 aliphatic heterocycles. The van der Waals surface area contributed by atoms with Crippen molar-refractivity contribution in [3.05, 3.63) is 255 Å². The van der Waals surface area contributed by atoms with E-state index >= 15 is 0 Å². The summed E-state index contributed by atoms with van der Waals surface area (Å²) in [4.78, 5) is 82.3. The average molecular weight is 2630 g/mol. The molecule has 3 aromatic carbocycles. The van der Waals surface area contributed by atoms with Gasteiger partial charge >= 0.3 is 150 Å². The van der Waals surface area contributed by atoms with Crippen molar-refractivity contribution >= 4 is 120 Å². The maximum Gasteiger partial charge on any atom is 3.00 e. The molecule has 6 aromatic heterocycles. The van der Waals surface area contributed by atoms with E-state index in [1.807, 2.05) is 110 Å². The summed E-state index contributed by atoms with van der Waals surface area (Å²) in [6, 6.07) is 38.6. The fourth-order valence-corrected chi connectivity index (χ4v) is 10.5. The fraction of sp³-hybridized carbons (Fsp3) is 0.222. The number of hydrogen-bond acceptors (Lipinski definition) is 18. The smallest absolute Gasteiger partial charge is 1.00 e. The van der Waals surface area contributed by atoms with Crippen molar-refractivity contribution in [3.63, 3.8) is 0 Å². The molecule has 0 spiro atoms. The summed E-state index contributed by atoms with van der Waals surface area (Å²) in [5.41, 5.74) is 5.86. The number of fused-ring (bicyclic) bond motifs is 9. The molecule has 639 valence electrons. The molecule has 0 bridgehead atoms. The maximum absolute atomic E-state index is 11.4. The number of aliphatic hydroxyl groups is 3. The Bertz CT molecular complexity index is 4300. The van der Waals surface area contributed by atoms with Gasteiger partial charge in [0.2, 0.25) is 5.76 Å². The number of carbonyl (C=O) groups excluding carboxylic acids is 3. The second-order valence-corrected chi connectivity index (χ2v) is 23.5. The van der Waals surface area contributed by atoms with Crippen molar-refractivity contribution in [1.82, 2.24) is 29.9 Å². The van der Waals surface area contributed by atoms with Crippen LogP contribution in [-0.2, 0) is 14.4 Å². The number of aromatic nitrogens is 6. The molecule has 38 heteroatoms. The number of alkyl halides is 6. The molecule has 119 heavy (non-hydrogen) atoms. The number of halogens is 14. The van der Waals surface area contributed by atoms with E-state index in [9.17, 15) is 40.7 Å². The third kappa shape index (κ3) is 49.8. The number of pyridine rings is 6. The number of benzene rings is 3. The van der Waals surface area contributed by atoms with Crippen LogP contribution in [-0.4, -0.2) is 148 Å². The molecule has 12 heterocycles. The van der Waals surface area contributed by atoms with E-state index in [1.54, 1.807) is 37.2 Å². The third-order valence-electron chi connectivity index (χ3n) is 15.3. The van der Waals surface area contributed by atoms with Crippen molar-refractivity contribution in [2.24, 2.45) is 30.0 Å². The molecule has 3 N–H and O–H groups in total. The van der Waals surface area contributed by atoms with E-state index in [2.05, 4.69) is 169 Å². The van der Waals surface area contributed by atoms with Crippen LogP contribution in [0.4, 0.5) is 26.3 Å². The SMILES string of the molecule is C1=CCC(C2CC=CC=N2)N=C1.C1=CCC(C2CC=CC=N2)N=C1.C1=CCC(C2CC=CC=N2)N=C1.CC(=O)C=C(C)O.CC(=O)C=C(C)O.O=C(C=C(O)C(F)(F)F)C(F)(F)F.[Ce].[Cl-].[Cl-].[Cl-].[Cl-].[Cl-].[Cl-].[Cl-].[Cl-].[Eu+2].[Eu+3].[Eu].[Tb+3].[Tb].c1cnc2c(c1)ccc1cccnc12.c1cnc2c(c1)ccc1cccnc12.c1cnc2c(c1)ccc1cccnc12. The first-order valence-electron chi connectivity index (χ1n) is 33.3. The van der Waals surface area contributed by atoms with Crippen molar-refractivity contribution in [1.29, 1.82) is 0 Å². The second-order valence-electron chi connectivity index (χ2n) is 23.5. The Morgan fingerprint density at radius 1 is 0.345 bits per heavy atom. The number of allylic oxidation sites excluding steroid dienone is 12. The van der Waals surface area contributed by atoms with Gasteiger partial charge in [-0.25, -0.2) is 0 Å². The molecule has 15 rings (SSSR count). The quantitative estimate of drug-likeness (QED) is 0.0609. The topological polar surface area (TPSA) is 263 Å². The summed E-state index contributed by atoms with van der Waals surface area (Å²) in [5.74, 6) is -5.46. The van der Waals surface area contributed by atoms with Gasteiger partial charge in [-0.05, 0) is 139 Å². The summed E-state index contributed by atoms with van der Waals surface area (Å²) in [7, 11) is 0. The summed E-state index contributed by atoms with van der Waals surface area (Å²) in [5, 5.41) is 31.5. The molecule has 0 saturated carbocycles. The summed E-state index contributed by atoms with van der Waals surface area (Å²) in [6.45, 7) is 5.70. The number of aliphatic hydroxyl groups excluding tert-OH is 3. The first-order valence-corrected chi connectivity index (χ1v) is 33.3. The Morgan fingerprint density at radius 3 is 0.639 bits per heavy atom. The van der Waals surface area contributed by atoms with Gasteiger partial charge in [-0.1, -0.05) is 109 Å². The van der Waals surface area contributed by atoms with Crippen LogP contribution in [0.1, 0.15) is 66.2 Å². The molecule has 0 saturated heterocycles. The van der Waals surface area contributed by atoms with Crippen LogP contribution < -0.4 is 99.3 Å². The Hall–Kier alpha value is -1.19. The Balaban J connectivity index is -0.000000193. The summed E-state index contributed by atoms with van der Waals surface area (Å²) in [6.07, 6.45) is 43.9. The van der Waals surface area contributed by atoms with Crippen LogP contribution in [0.2, 0.25) is 0 Å². The van der Waals surface area contributed by atoms with E-state index in [1.165, 1.54) is 39.8 Å². The molecular formula is C81H78CeCl8Eu3F6N12O6Tb2. The number of carbonyl (C=O) groups is 3. The monoisotopic (exact) mass is 2620 g/mol. The first-order chi connectivity index (χ1) is 50.5. The number of nitrogens with zero attached hydrogens (tertiary/aromatic N) is 12. The second kappa shape index (κ2) is 73.7. The minimum Gasteiger partial charge on any atom is -1.00 e. The maximum atomic E-state index is 11.4. The molecule has 3 radical (unpaired) electrons. The largest absolute Gasteiger partial charge is 3.00 e. The van der Waals surface area contributed by atoms with Gasteiger partial charge in [0.05, 0.1) is 80.9 Å². The minimum atomic E-state index is -5.42. The number of aliphatic imine (C=N–C) groups is 6. The summed E-state index contributed by atoms with van der Waals surface area (Å²) >= 11 is 0. The van der Waals surface area contributed by atoms with Crippen LogP contribution >= 0.6 is 0 Å². The molecule has 18 nitrogen and oxygen atoms in total. The molecule has 0 aliphatic carbocycles. The van der Waals surface area contributed by atoms with E-state index in [4.69, 9.17) is 15.3 Å². The molecule has 0 amide bonds. The normalized spacial score (nSPS) is 16.6. The molecule has 6 aliphatic rings. The Kier molecular flexibility index (Phi) is 82.6. The van der Waals surface area contributed by atoms with Gasteiger partial charge in [-0.3, -0.25) is 74.2 Å². The average Bonchev–Trinajstić information content (AvgIpc) is 0.804. The van der Waals surface area contributed by atoms with E-state index < -0.39 is 30.0 Å². The van der Waals surface area contributed by atoms with Crippen LogP contribution in [0.5, 0.6) is 0 Å². The number of rotatable bonds is 6. The molecule has 6 unspecified atom stereocenters. The fourth-order valence-electron chi connectivity index (χ4n) is 10.5. The molecule has 6 atom stereocenters. The first kappa shape index (κ1) is 133. The van der Waals surface area contributed by atoms with Gasteiger partial charge in [0, 0.05) is 255 Å². The molecule has 9 aromatic rings. The zero-order chi connectivity index (χ0) is 75.4. The van der Waals surface area contributed by atoms with E-state index in [0.29, 0.717) is 36.3 Å². The van der Waals surface area contributed by atoms with Crippen molar-refractivity contribution in [2.75, 3.05) is 0 Å². The van der Waals surface area contributed by atoms with Crippen LogP contribution in [0, 0.1) is 267 Å². The van der Waals surface area contributed by atoms with Crippen molar-refractivity contribution in [3.8, 4) is 0 Å². The van der Waals surface area contributed by atoms with E-state index in [0.717, 1.165) is 104 Å². The van der Waals surface area contributed by atoms with Gasteiger partial charge in [0.15, 0.2) is 11.6 Å². The van der Waals surface area contributed by atoms with Crippen molar-refractivity contribution < 1.29 is 422 Å². The zero-order valence-corrected chi connectivity index (χ0v) is 84.0. The van der Waals surface area contributed by atoms with Gasteiger partial charge in [-0.15, -0.1) is 0 Å². The standard InChI is InChI=1S/3C12H8N2.3C10H12N2.C5H2F6O2.2C5H8O2.Ce.8ClH.3Eu.2Tb/c3*1-3-9-5-6-10-4-2-8-14-12(10)11(9)13-7-1;3*1-3-7-11-9(5-1)10-6-2-4-8-12-10;6-4(7,8)2(12)1-3(13)5(9,10)11;2*1-4(6)3-5(2)7;;;;;;;;;;;;;;/h3*1-8H;3*1-4,7-10H,5-6H2;1,12H;2*3,6H,1-2H3;;8*1H;;;;;/q;;;;;;;;;;;;;;;;;;;+2;+3;;+3/p-8. The number of ketones is 3. The molecule has 0 fully saturated rings. The summed E-state index contributed by atoms with van der Waals surface area (Å²) < 4.78 is 68.1. The van der Waals surface area contributed by atoms with Gasteiger partial charge in [0.1, 0.15) is 0 Å².